The molecular formula is C11H6BrF3O. The molecule has 0 aliphatic rings. The molecule has 84 valence electrons. The molecule has 0 aromatic heterocycles. The van der Waals surface area contributed by atoms with Crippen molar-refractivity contribution in [1.82, 2.24) is 0 Å². The summed E-state index contributed by atoms with van der Waals surface area (Å²) in [6.07, 6.45) is -4.65. The van der Waals surface area contributed by atoms with Gasteiger partial charge in [0.2, 0.25) is 0 Å². The molecule has 2 rings (SSSR count). The smallest absolute Gasteiger partial charge is 0.406 e. The van der Waals surface area contributed by atoms with Gasteiger partial charge in [-0.15, -0.1) is 13.2 Å². The second-order valence-corrected chi connectivity index (χ2v) is 4.02. The molecule has 0 amide bonds. The van der Waals surface area contributed by atoms with Crippen LogP contribution in [0.1, 0.15) is 0 Å². The molecule has 2 aromatic rings. The number of hydrogen-bond donors (Lipinski definition) is 0. The topological polar surface area (TPSA) is 9.23 Å². The Labute approximate surface area is 98.0 Å². The number of rotatable bonds is 1. The van der Waals surface area contributed by atoms with Crippen LogP contribution in [-0.4, -0.2) is 6.36 Å². The minimum absolute atomic E-state index is 0.210. The van der Waals surface area contributed by atoms with Crippen LogP contribution in [-0.2, 0) is 0 Å². The molecule has 2 aromatic carbocycles. The molecule has 5 heteroatoms. The van der Waals surface area contributed by atoms with Crippen molar-refractivity contribution in [2.24, 2.45) is 0 Å². The van der Waals surface area contributed by atoms with Crippen LogP contribution in [0.5, 0.6) is 5.75 Å². The summed E-state index contributed by atoms with van der Waals surface area (Å²) in [6, 6.07) is 9.54. The van der Waals surface area contributed by atoms with Crippen molar-refractivity contribution in [3.05, 3.63) is 40.9 Å². The van der Waals surface area contributed by atoms with E-state index in [1.165, 1.54) is 12.1 Å². The van der Waals surface area contributed by atoms with Gasteiger partial charge in [-0.05, 0) is 35.0 Å². The van der Waals surface area contributed by atoms with Gasteiger partial charge in [-0.3, -0.25) is 0 Å². The van der Waals surface area contributed by atoms with Gasteiger partial charge in [0.25, 0.3) is 0 Å². The molecule has 0 saturated carbocycles. The number of benzene rings is 2. The van der Waals surface area contributed by atoms with Crippen molar-refractivity contribution < 1.29 is 17.9 Å². The van der Waals surface area contributed by atoms with Gasteiger partial charge in [0.15, 0.2) is 0 Å². The highest BCUT2D eigenvalue weighted by Crippen LogP contribution is 2.29. The molecule has 0 aliphatic heterocycles. The number of fused-ring (bicyclic) bond motifs is 1. The lowest BCUT2D eigenvalue weighted by atomic mass is 10.1. The number of halogens is 4. The van der Waals surface area contributed by atoms with E-state index in [1.807, 2.05) is 6.07 Å². The highest BCUT2D eigenvalue weighted by Gasteiger charge is 2.31. The Morgan fingerprint density at radius 3 is 2.50 bits per heavy atom. The summed E-state index contributed by atoms with van der Waals surface area (Å²) in [4.78, 5) is 0. The van der Waals surface area contributed by atoms with Crippen molar-refractivity contribution in [2.75, 3.05) is 0 Å². The zero-order chi connectivity index (χ0) is 11.8. The molecule has 0 aliphatic carbocycles. The number of alkyl halides is 3. The summed E-state index contributed by atoms with van der Waals surface area (Å²) in [5, 5.41) is 1.54. The molecule has 0 unspecified atom stereocenters. The minimum atomic E-state index is -4.65. The molecular weight excluding hydrogens is 285 g/mol. The van der Waals surface area contributed by atoms with Crippen molar-refractivity contribution in [1.29, 1.82) is 0 Å². The van der Waals surface area contributed by atoms with Gasteiger partial charge in [0.05, 0.1) is 0 Å². The van der Waals surface area contributed by atoms with Crippen LogP contribution in [0.3, 0.4) is 0 Å². The molecule has 0 atom stereocenters. The maximum absolute atomic E-state index is 12.0. The van der Waals surface area contributed by atoms with Crippen LogP contribution in [0, 0.1) is 0 Å². The lowest BCUT2D eigenvalue weighted by Crippen LogP contribution is -2.16. The lowest BCUT2D eigenvalue weighted by molar-refractivity contribution is -0.274. The minimum Gasteiger partial charge on any atom is -0.406 e. The summed E-state index contributed by atoms with van der Waals surface area (Å²) >= 11 is 3.32. The van der Waals surface area contributed by atoms with Crippen molar-refractivity contribution in [3.63, 3.8) is 0 Å². The predicted molar refractivity (Wildman–Crippen MR) is 58.3 cm³/mol. The second-order valence-electron chi connectivity index (χ2n) is 3.17. The normalized spacial score (nSPS) is 11.8. The predicted octanol–water partition coefficient (Wildman–Crippen LogP) is 4.50. The fourth-order valence-corrected chi connectivity index (χ4v) is 1.93. The molecule has 0 saturated heterocycles. The fourth-order valence-electron chi connectivity index (χ4n) is 1.42. The van der Waals surface area contributed by atoms with Gasteiger partial charge >= 0.3 is 6.36 Å². The van der Waals surface area contributed by atoms with Crippen molar-refractivity contribution in [2.45, 2.75) is 6.36 Å². The molecule has 16 heavy (non-hydrogen) atoms. The molecule has 0 heterocycles. The Kier molecular flexibility index (Phi) is 2.80. The zero-order valence-corrected chi connectivity index (χ0v) is 9.47. The lowest BCUT2D eigenvalue weighted by Gasteiger charge is -2.09. The Bertz CT molecular complexity index is 522. The molecule has 0 bridgehead atoms. The number of ether oxygens (including phenoxy) is 1. The van der Waals surface area contributed by atoms with Gasteiger partial charge in [0.1, 0.15) is 5.75 Å². The van der Waals surface area contributed by atoms with Crippen LogP contribution in [0.2, 0.25) is 0 Å². The van der Waals surface area contributed by atoms with Gasteiger partial charge in [-0.2, -0.15) is 0 Å². The van der Waals surface area contributed by atoms with E-state index in [9.17, 15) is 13.2 Å². The first-order chi connectivity index (χ1) is 7.46. The van der Waals surface area contributed by atoms with Gasteiger partial charge < -0.3 is 4.74 Å². The quantitative estimate of drug-likeness (QED) is 0.751. The summed E-state index contributed by atoms with van der Waals surface area (Å²) < 4.78 is 40.6. The Morgan fingerprint density at radius 2 is 1.81 bits per heavy atom. The molecule has 1 nitrogen and oxygen atoms in total. The Hall–Kier alpha value is -1.23. The average molecular weight is 291 g/mol. The third kappa shape index (κ3) is 2.47. The van der Waals surface area contributed by atoms with E-state index in [0.29, 0.717) is 5.39 Å². The van der Waals surface area contributed by atoms with Crippen molar-refractivity contribution >= 4 is 26.7 Å². The average Bonchev–Trinajstić information content (AvgIpc) is 2.15. The second kappa shape index (κ2) is 3.97. The Morgan fingerprint density at radius 1 is 1.06 bits per heavy atom. The third-order valence-corrected chi connectivity index (χ3v) is 2.72. The van der Waals surface area contributed by atoms with Crippen LogP contribution in [0.15, 0.2) is 40.9 Å². The summed E-state index contributed by atoms with van der Waals surface area (Å²) in [7, 11) is 0. The highest BCUT2D eigenvalue weighted by atomic mass is 79.9. The summed E-state index contributed by atoms with van der Waals surface area (Å²) in [5.41, 5.74) is 0. The zero-order valence-electron chi connectivity index (χ0n) is 7.88. The summed E-state index contributed by atoms with van der Waals surface area (Å²) in [6.45, 7) is 0. The maximum Gasteiger partial charge on any atom is 0.573 e. The van der Waals surface area contributed by atoms with E-state index in [1.54, 1.807) is 18.2 Å². The maximum atomic E-state index is 12.0. The van der Waals surface area contributed by atoms with Crippen LogP contribution < -0.4 is 4.74 Å². The van der Waals surface area contributed by atoms with E-state index in [4.69, 9.17) is 0 Å². The fraction of sp³-hybridized carbons (Fsp3) is 0.0909. The van der Waals surface area contributed by atoms with Crippen molar-refractivity contribution in [3.8, 4) is 5.75 Å². The first kappa shape index (κ1) is 11.3. The van der Waals surface area contributed by atoms with Crippen LogP contribution >= 0.6 is 15.9 Å². The largest absolute Gasteiger partial charge is 0.573 e. The standard InChI is InChI=1S/C11H6BrF3O/c12-10-3-1-2-7-6-8(4-5-9(7)10)16-11(13,14)15/h1-6H. The van der Waals surface area contributed by atoms with Gasteiger partial charge in [-0.25, -0.2) is 0 Å². The van der Waals surface area contributed by atoms with E-state index in [0.717, 1.165) is 9.86 Å². The molecule has 0 fully saturated rings. The highest BCUT2D eigenvalue weighted by molar-refractivity contribution is 9.10. The van der Waals surface area contributed by atoms with Gasteiger partial charge in [-0.1, -0.05) is 28.1 Å². The SMILES string of the molecule is FC(F)(F)Oc1ccc2c(Br)cccc2c1. The Balaban J connectivity index is 2.45. The van der Waals surface area contributed by atoms with Crippen LogP contribution in [0.25, 0.3) is 10.8 Å². The van der Waals surface area contributed by atoms with Gasteiger partial charge in [0, 0.05) is 4.47 Å². The molecule has 0 radical (unpaired) electrons. The number of hydrogen-bond acceptors (Lipinski definition) is 1. The third-order valence-electron chi connectivity index (χ3n) is 2.03. The first-order valence-corrected chi connectivity index (χ1v) is 5.19. The van der Waals surface area contributed by atoms with E-state index >= 15 is 0 Å². The van der Waals surface area contributed by atoms with E-state index in [2.05, 4.69) is 20.7 Å². The summed E-state index contributed by atoms with van der Waals surface area (Å²) in [5.74, 6) is -0.210. The molecule has 0 spiro atoms. The monoisotopic (exact) mass is 290 g/mol. The molecule has 0 N–H and O–H groups in total. The first-order valence-electron chi connectivity index (χ1n) is 4.40. The van der Waals surface area contributed by atoms with Crippen LogP contribution in [0.4, 0.5) is 13.2 Å². The van der Waals surface area contributed by atoms with E-state index < -0.39 is 6.36 Å². The van der Waals surface area contributed by atoms with E-state index in [-0.39, 0.29) is 5.75 Å².